The fraction of sp³-hybridized carbons (Fsp3) is 0.130. The molecule has 142 valence electrons. The zero-order chi connectivity index (χ0) is 20.1. The molecule has 28 heavy (non-hydrogen) atoms. The summed E-state index contributed by atoms with van der Waals surface area (Å²) in [7, 11) is 0. The van der Waals surface area contributed by atoms with Crippen LogP contribution in [0.4, 0.5) is 11.4 Å². The SMILES string of the molecule is Cc1ccccc1NC(=O)C(=Cc1sccc1C)C(=O)Nc1ccccc1C. The van der Waals surface area contributed by atoms with Gasteiger partial charge in [-0.1, -0.05) is 36.4 Å². The molecular formula is C23H22N2O2S. The van der Waals surface area contributed by atoms with Crippen molar-refractivity contribution in [1.82, 2.24) is 0 Å². The molecule has 0 saturated heterocycles. The molecule has 3 rings (SSSR count). The molecule has 0 aliphatic rings. The summed E-state index contributed by atoms with van der Waals surface area (Å²) in [5.41, 5.74) is 4.32. The second-order valence-corrected chi connectivity index (χ2v) is 7.51. The van der Waals surface area contributed by atoms with Crippen LogP contribution in [0.5, 0.6) is 0 Å². The first-order valence-corrected chi connectivity index (χ1v) is 9.83. The number of thiophene rings is 1. The summed E-state index contributed by atoms with van der Waals surface area (Å²) in [6.07, 6.45) is 1.65. The van der Waals surface area contributed by atoms with Gasteiger partial charge in [0.2, 0.25) is 0 Å². The van der Waals surface area contributed by atoms with Crippen LogP contribution in [0.25, 0.3) is 6.08 Å². The summed E-state index contributed by atoms with van der Waals surface area (Å²) >= 11 is 1.50. The Hall–Kier alpha value is -3.18. The number of benzene rings is 2. The van der Waals surface area contributed by atoms with Gasteiger partial charge in [-0.2, -0.15) is 0 Å². The van der Waals surface area contributed by atoms with Gasteiger partial charge in [0.05, 0.1) is 0 Å². The Kier molecular flexibility index (Phi) is 6.06. The van der Waals surface area contributed by atoms with Crippen LogP contribution >= 0.6 is 11.3 Å². The number of carbonyl (C=O) groups is 2. The fourth-order valence-electron chi connectivity index (χ4n) is 2.70. The molecule has 1 aromatic heterocycles. The van der Waals surface area contributed by atoms with E-state index < -0.39 is 11.8 Å². The van der Waals surface area contributed by atoms with Gasteiger partial charge in [0, 0.05) is 16.3 Å². The Labute approximate surface area is 168 Å². The Morgan fingerprint density at radius 1 is 0.750 bits per heavy atom. The molecule has 2 aromatic carbocycles. The summed E-state index contributed by atoms with van der Waals surface area (Å²) in [6.45, 7) is 5.78. The molecule has 5 heteroatoms. The lowest BCUT2D eigenvalue weighted by molar-refractivity contribution is -0.118. The van der Waals surface area contributed by atoms with Gasteiger partial charge in [-0.25, -0.2) is 0 Å². The van der Waals surface area contributed by atoms with Crippen molar-refractivity contribution in [2.45, 2.75) is 20.8 Å². The third kappa shape index (κ3) is 4.56. The van der Waals surface area contributed by atoms with Crippen molar-refractivity contribution in [2.24, 2.45) is 0 Å². The molecule has 2 N–H and O–H groups in total. The standard InChI is InChI=1S/C23H22N2O2S/c1-15-8-4-6-10-19(15)24-22(26)18(14-21-17(3)12-13-28-21)23(27)25-20-11-7-5-9-16(20)2/h4-14H,1-3H3,(H,24,26)(H,25,27). The number of anilines is 2. The zero-order valence-electron chi connectivity index (χ0n) is 16.1. The van der Waals surface area contributed by atoms with E-state index >= 15 is 0 Å². The number of carbonyl (C=O) groups excluding carboxylic acids is 2. The van der Waals surface area contributed by atoms with Crippen LogP contribution in [0.3, 0.4) is 0 Å². The third-order valence-electron chi connectivity index (χ3n) is 4.45. The quantitative estimate of drug-likeness (QED) is 0.351. The number of hydrogen-bond acceptors (Lipinski definition) is 3. The van der Waals surface area contributed by atoms with Crippen molar-refractivity contribution >= 4 is 40.6 Å². The van der Waals surface area contributed by atoms with Crippen LogP contribution in [-0.2, 0) is 9.59 Å². The molecule has 0 saturated carbocycles. The second kappa shape index (κ2) is 8.67. The van der Waals surface area contributed by atoms with Gasteiger partial charge in [-0.05, 0) is 67.1 Å². The monoisotopic (exact) mass is 390 g/mol. The topological polar surface area (TPSA) is 58.2 Å². The maximum Gasteiger partial charge on any atom is 0.261 e. The van der Waals surface area contributed by atoms with Crippen molar-refractivity contribution in [1.29, 1.82) is 0 Å². The highest BCUT2D eigenvalue weighted by molar-refractivity contribution is 7.11. The van der Waals surface area contributed by atoms with Gasteiger partial charge in [-0.3, -0.25) is 9.59 Å². The number of hydrogen-bond donors (Lipinski definition) is 2. The summed E-state index contributed by atoms with van der Waals surface area (Å²) < 4.78 is 0. The molecule has 0 aliphatic heterocycles. The van der Waals surface area contributed by atoms with Crippen LogP contribution in [0, 0.1) is 20.8 Å². The van der Waals surface area contributed by atoms with E-state index in [0.717, 1.165) is 21.6 Å². The van der Waals surface area contributed by atoms with Crippen LogP contribution in [0.15, 0.2) is 65.6 Å². The van der Waals surface area contributed by atoms with Crippen LogP contribution in [0.1, 0.15) is 21.6 Å². The highest BCUT2D eigenvalue weighted by atomic mass is 32.1. The molecule has 0 bridgehead atoms. The van der Waals surface area contributed by atoms with Crippen LogP contribution in [-0.4, -0.2) is 11.8 Å². The van der Waals surface area contributed by atoms with Gasteiger partial charge in [-0.15, -0.1) is 11.3 Å². The molecule has 0 aliphatic carbocycles. The molecular weight excluding hydrogens is 368 g/mol. The van der Waals surface area contributed by atoms with Gasteiger partial charge in [0.1, 0.15) is 5.57 Å². The summed E-state index contributed by atoms with van der Waals surface area (Å²) in [6, 6.07) is 16.9. The number of nitrogens with one attached hydrogen (secondary N) is 2. The van der Waals surface area contributed by atoms with E-state index in [2.05, 4.69) is 10.6 Å². The second-order valence-electron chi connectivity index (χ2n) is 6.56. The first-order valence-electron chi connectivity index (χ1n) is 8.95. The van der Waals surface area contributed by atoms with Crippen LogP contribution < -0.4 is 10.6 Å². The minimum Gasteiger partial charge on any atom is -0.322 e. The minimum absolute atomic E-state index is 0.0667. The summed E-state index contributed by atoms with van der Waals surface area (Å²) in [5.74, 6) is -0.874. The van der Waals surface area contributed by atoms with E-state index in [4.69, 9.17) is 0 Å². The van der Waals surface area contributed by atoms with E-state index in [1.165, 1.54) is 11.3 Å². The third-order valence-corrected chi connectivity index (χ3v) is 5.42. The molecule has 0 spiro atoms. The van der Waals surface area contributed by atoms with E-state index in [1.807, 2.05) is 80.7 Å². The predicted molar refractivity (Wildman–Crippen MR) is 117 cm³/mol. The molecule has 1 heterocycles. The van der Waals surface area contributed by atoms with Gasteiger partial charge >= 0.3 is 0 Å². The Bertz CT molecular complexity index is 989. The normalized spacial score (nSPS) is 10.2. The first-order chi connectivity index (χ1) is 13.5. The Morgan fingerprint density at radius 3 is 1.68 bits per heavy atom. The van der Waals surface area contributed by atoms with Gasteiger partial charge in [0.15, 0.2) is 0 Å². The smallest absolute Gasteiger partial charge is 0.261 e. The molecule has 0 radical (unpaired) electrons. The predicted octanol–water partition coefficient (Wildman–Crippen LogP) is 5.33. The number of para-hydroxylation sites is 2. The van der Waals surface area contributed by atoms with Crippen LogP contribution in [0.2, 0.25) is 0 Å². The molecule has 2 amide bonds. The van der Waals surface area contributed by atoms with Crippen molar-refractivity contribution in [3.63, 3.8) is 0 Å². The maximum absolute atomic E-state index is 13.0. The highest BCUT2D eigenvalue weighted by Gasteiger charge is 2.20. The van der Waals surface area contributed by atoms with E-state index in [-0.39, 0.29) is 5.57 Å². The number of aryl methyl sites for hydroxylation is 3. The molecule has 3 aromatic rings. The maximum atomic E-state index is 13.0. The average molecular weight is 391 g/mol. The molecule has 0 fully saturated rings. The highest BCUT2D eigenvalue weighted by Crippen LogP contribution is 2.22. The van der Waals surface area contributed by atoms with E-state index in [9.17, 15) is 9.59 Å². The van der Waals surface area contributed by atoms with Crippen molar-refractivity contribution in [2.75, 3.05) is 10.6 Å². The lowest BCUT2D eigenvalue weighted by Gasteiger charge is -2.13. The number of rotatable bonds is 5. The lowest BCUT2D eigenvalue weighted by atomic mass is 10.1. The van der Waals surface area contributed by atoms with E-state index in [1.54, 1.807) is 6.08 Å². The summed E-state index contributed by atoms with van der Waals surface area (Å²) in [5, 5.41) is 7.66. The Morgan fingerprint density at radius 2 is 1.25 bits per heavy atom. The van der Waals surface area contributed by atoms with Crippen molar-refractivity contribution in [3.05, 3.63) is 87.1 Å². The zero-order valence-corrected chi connectivity index (χ0v) is 16.9. The fourth-order valence-corrected chi connectivity index (χ4v) is 3.56. The molecule has 0 atom stereocenters. The Balaban J connectivity index is 1.93. The molecule has 0 unspecified atom stereocenters. The van der Waals surface area contributed by atoms with Gasteiger partial charge < -0.3 is 10.6 Å². The molecule has 4 nitrogen and oxygen atoms in total. The van der Waals surface area contributed by atoms with Crippen molar-refractivity contribution in [3.8, 4) is 0 Å². The lowest BCUT2D eigenvalue weighted by Crippen LogP contribution is -2.25. The van der Waals surface area contributed by atoms with Gasteiger partial charge in [0.25, 0.3) is 11.8 Å². The number of amides is 2. The average Bonchev–Trinajstić information content (AvgIpc) is 3.08. The largest absolute Gasteiger partial charge is 0.322 e. The van der Waals surface area contributed by atoms with E-state index in [0.29, 0.717) is 11.4 Å². The van der Waals surface area contributed by atoms with Crippen molar-refractivity contribution < 1.29 is 9.59 Å². The summed E-state index contributed by atoms with van der Waals surface area (Å²) in [4.78, 5) is 26.9. The first kappa shape index (κ1) is 19.6. The minimum atomic E-state index is -0.437.